The number of carbonyl (C=O) groups excluding carboxylic acids is 1. The molecule has 29 heavy (non-hydrogen) atoms. The Balaban J connectivity index is 1.20. The smallest absolute Gasteiger partial charge is 0.317 e. The summed E-state index contributed by atoms with van der Waals surface area (Å²) in [5.74, 6) is 2.48. The Morgan fingerprint density at radius 2 is 1.86 bits per heavy atom. The van der Waals surface area contributed by atoms with Gasteiger partial charge in [0, 0.05) is 39.3 Å². The maximum absolute atomic E-state index is 12.5. The Morgan fingerprint density at radius 1 is 1.07 bits per heavy atom. The van der Waals surface area contributed by atoms with Crippen molar-refractivity contribution in [3.8, 4) is 17.2 Å². The molecule has 1 N–H and O–H groups in total. The molecule has 2 aliphatic heterocycles. The Kier molecular flexibility index (Phi) is 6.05. The summed E-state index contributed by atoms with van der Waals surface area (Å²) in [6.07, 6.45) is 0.750. The van der Waals surface area contributed by atoms with Gasteiger partial charge in [0.25, 0.3) is 0 Å². The van der Waals surface area contributed by atoms with Crippen molar-refractivity contribution >= 4 is 6.03 Å². The lowest BCUT2D eigenvalue weighted by Crippen LogP contribution is -2.51. The molecule has 0 aliphatic carbocycles. The van der Waals surface area contributed by atoms with Gasteiger partial charge >= 0.3 is 6.03 Å². The van der Waals surface area contributed by atoms with Crippen molar-refractivity contribution in [1.82, 2.24) is 15.1 Å². The number of para-hydroxylation sites is 1. The number of nitrogens with one attached hydrogen (secondary N) is 1. The molecule has 0 atom stereocenters. The molecule has 0 aromatic heterocycles. The topological polar surface area (TPSA) is 63.3 Å². The number of amides is 2. The summed E-state index contributed by atoms with van der Waals surface area (Å²) in [5, 5.41) is 3.03. The van der Waals surface area contributed by atoms with E-state index in [0.29, 0.717) is 13.3 Å². The minimum absolute atomic E-state index is 0.00243. The SMILES string of the molecule is COc1ccccc1CCNC(=O)N1CCN(Cc2ccc3c(c2)OCO3)CC1. The van der Waals surface area contributed by atoms with E-state index in [1.807, 2.05) is 41.3 Å². The van der Waals surface area contributed by atoms with E-state index in [9.17, 15) is 4.79 Å². The summed E-state index contributed by atoms with van der Waals surface area (Å²) in [6.45, 7) is 4.90. The first-order valence-corrected chi connectivity index (χ1v) is 9.98. The van der Waals surface area contributed by atoms with Crippen molar-refractivity contribution in [2.75, 3.05) is 46.6 Å². The van der Waals surface area contributed by atoms with E-state index < -0.39 is 0 Å². The first kappa shape index (κ1) is 19.4. The van der Waals surface area contributed by atoms with Gasteiger partial charge in [-0.1, -0.05) is 24.3 Å². The highest BCUT2D eigenvalue weighted by Crippen LogP contribution is 2.32. The number of ether oxygens (including phenoxy) is 3. The second-order valence-corrected chi connectivity index (χ2v) is 7.24. The van der Waals surface area contributed by atoms with Crippen LogP contribution in [0.2, 0.25) is 0 Å². The third kappa shape index (κ3) is 4.74. The second-order valence-electron chi connectivity index (χ2n) is 7.24. The highest BCUT2D eigenvalue weighted by atomic mass is 16.7. The Labute approximate surface area is 171 Å². The molecule has 0 radical (unpaired) electrons. The lowest BCUT2D eigenvalue weighted by Gasteiger charge is -2.34. The molecule has 0 spiro atoms. The van der Waals surface area contributed by atoms with Crippen molar-refractivity contribution < 1.29 is 19.0 Å². The summed E-state index contributed by atoms with van der Waals surface area (Å²) < 4.78 is 16.2. The molecule has 4 rings (SSSR count). The lowest BCUT2D eigenvalue weighted by atomic mass is 10.1. The predicted octanol–water partition coefficient (Wildman–Crippen LogP) is 2.49. The van der Waals surface area contributed by atoms with Gasteiger partial charge in [-0.15, -0.1) is 0 Å². The van der Waals surface area contributed by atoms with Gasteiger partial charge in [0.05, 0.1) is 7.11 Å². The number of nitrogens with zero attached hydrogens (tertiary/aromatic N) is 2. The number of hydrogen-bond donors (Lipinski definition) is 1. The van der Waals surface area contributed by atoms with E-state index in [-0.39, 0.29) is 6.03 Å². The first-order chi connectivity index (χ1) is 14.2. The molecule has 1 saturated heterocycles. The molecule has 2 heterocycles. The largest absolute Gasteiger partial charge is 0.496 e. The third-order valence-corrected chi connectivity index (χ3v) is 5.37. The highest BCUT2D eigenvalue weighted by Gasteiger charge is 2.22. The fourth-order valence-corrected chi connectivity index (χ4v) is 3.73. The zero-order chi connectivity index (χ0) is 20.1. The highest BCUT2D eigenvalue weighted by molar-refractivity contribution is 5.74. The van der Waals surface area contributed by atoms with Crippen LogP contribution in [0, 0.1) is 0 Å². The third-order valence-electron chi connectivity index (χ3n) is 5.37. The molecule has 2 aromatic rings. The zero-order valence-corrected chi connectivity index (χ0v) is 16.7. The molecule has 154 valence electrons. The van der Waals surface area contributed by atoms with Crippen LogP contribution in [0.25, 0.3) is 0 Å². The number of fused-ring (bicyclic) bond motifs is 1. The predicted molar refractivity (Wildman–Crippen MR) is 110 cm³/mol. The Morgan fingerprint density at radius 3 is 2.69 bits per heavy atom. The summed E-state index contributed by atoms with van der Waals surface area (Å²) >= 11 is 0. The second kappa shape index (κ2) is 9.05. The van der Waals surface area contributed by atoms with Crippen molar-refractivity contribution in [3.05, 3.63) is 53.6 Å². The minimum Gasteiger partial charge on any atom is -0.496 e. The Hall–Kier alpha value is -2.93. The summed E-state index contributed by atoms with van der Waals surface area (Å²) in [7, 11) is 1.67. The van der Waals surface area contributed by atoms with Gasteiger partial charge in [-0.3, -0.25) is 4.90 Å². The number of methoxy groups -OCH3 is 1. The van der Waals surface area contributed by atoms with Crippen LogP contribution in [-0.4, -0.2) is 62.5 Å². The molecule has 7 nitrogen and oxygen atoms in total. The van der Waals surface area contributed by atoms with Crippen LogP contribution in [0.5, 0.6) is 17.2 Å². The van der Waals surface area contributed by atoms with Crippen molar-refractivity contribution in [1.29, 1.82) is 0 Å². The fourth-order valence-electron chi connectivity index (χ4n) is 3.73. The average Bonchev–Trinajstić information content (AvgIpc) is 3.22. The number of rotatable bonds is 6. The molecular weight excluding hydrogens is 370 g/mol. The monoisotopic (exact) mass is 397 g/mol. The zero-order valence-electron chi connectivity index (χ0n) is 16.7. The molecule has 7 heteroatoms. The van der Waals surface area contributed by atoms with E-state index in [1.54, 1.807) is 7.11 Å². The van der Waals surface area contributed by atoms with E-state index in [0.717, 1.165) is 62.0 Å². The van der Waals surface area contributed by atoms with Crippen LogP contribution < -0.4 is 19.5 Å². The summed E-state index contributed by atoms with van der Waals surface area (Å²) in [4.78, 5) is 16.7. The molecular formula is C22H27N3O4. The maximum atomic E-state index is 12.5. The van der Waals surface area contributed by atoms with Crippen LogP contribution in [0.15, 0.2) is 42.5 Å². The van der Waals surface area contributed by atoms with E-state index >= 15 is 0 Å². The van der Waals surface area contributed by atoms with E-state index in [1.165, 1.54) is 5.56 Å². The number of carbonyl (C=O) groups is 1. The molecule has 2 aromatic carbocycles. The van der Waals surface area contributed by atoms with Gasteiger partial charge < -0.3 is 24.4 Å². The molecule has 1 fully saturated rings. The van der Waals surface area contributed by atoms with Crippen molar-refractivity contribution in [2.45, 2.75) is 13.0 Å². The molecule has 0 unspecified atom stereocenters. The molecule has 0 saturated carbocycles. The number of piperazine rings is 1. The average molecular weight is 397 g/mol. The lowest BCUT2D eigenvalue weighted by molar-refractivity contribution is 0.135. The molecule has 2 amide bonds. The van der Waals surface area contributed by atoms with Gasteiger partial charge in [0.1, 0.15) is 5.75 Å². The van der Waals surface area contributed by atoms with Crippen LogP contribution in [-0.2, 0) is 13.0 Å². The van der Waals surface area contributed by atoms with E-state index in [2.05, 4.69) is 16.3 Å². The van der Waals surface area contributed by atoms with Gasteiger partial charge in [-0.05, 0) is 35.7 Å². The quantitative estimate of drug-likeness (QED) is 0.812. The maximum Gasteiger partial charge on any atom is 0.317 e. The summed E-state index contributed by atoms with van der Waals surface area (Å²) in [6, 6.07) is 14.0. The number of urea groups is 1. The standard InChI is InChI=1S/C22H27N3O4/c1-27-19-5-3-2-4-18(19)8-9-23-22(26)25-12-10-24(11-13-25)15-17-6-7-20-21(14-17)29-16-28-20/h2-7,14H,8-13,15-16H2,1H3,(H,23,26). The van der Waals surface area contributed by atoms with Gasteiger partial charge in [-0.25, -0.2) is 4.79 Å². The van der Waals surface area contributed by atoms with Crippen molar-refractivity contribution in [2.24, 2.45) is 0 Å². The van der Waals surface area contributed by atoms with Crippen LogP contribution in [0.1, 0.15) is 11.1 Å². The molecule has 2 aliphatic rings. The number of benzene rings is 2. The summed E-state index contributed by atoms with van der Waals surface area (Å²) in [5.41, 5.74) is 2.30. The van der Waals surface area contributed by atoms with Gasteiger partial charge in [0.2, 0.25) is 6.79 Å². The normalized spacial score (nSPS) is 16.0. The van der Waals surface area contributed by atoms with Gasteiger partial charge in [0.15, 0.2) is 11.5 Å². The van der Waals surface area contributed by atoms with E-state index in [4.69, 9.17) is 14.2 Å². The van der Waals surface area contributed by atoms with Crippen LogP contribution >= 0.6 is 0 Å². The van der Waals surface area contributed by atoms with Crippen LogP contribution in [0.4, 0.5) is 4.79 Å². The van der Waals surface area contributed by atoms with Crippen LogP contribution in [0.3, 0.4) is 0 Å². The fraction of sp³-hybridized carbons (Fsp3) is 0.409. The van der Waals surface area contributed by atoms with Gasteiger partial charge in [-0.2, -0.15) is 0 Å². The first-order valence-electron chi connectivity index (χ1n) is 9.98. The van der Waals surface area contributed by atoms with Crippen molar-refractivity contribution in [3.63, 3.8) is 0 Å². The Bertz CT molecular complexity index is 850. The number of hydrogen-bond acceptors (Lipinski definition) is 5. The molecule has 0 bridgehead atoms. The minimum atomic E-state index is 0.00243.